The van der Waals surface area contributed by atoms with Crippen molar-refractivity contribution >= 4 is 49.2 Å². The van der Waals surface area contributed by atoms with Crippen molar-refractivity contribution in [2.75, 3.05) is 0 Å². The molecule has 1 aliphatic carbocycles. The molecule has 0 atom stereocenters. The zero-order valence-corrected chi connectivity index (χ0v) is 34.2. The molecule has 0 radical (unpaired) electrons. The van der Waals surface area contributed by atoms with E-state index in [4.69, 9.17) is 0 Å². The zero-order chi connectivity index (χ0) is 38.7. The third kappa shape index (κ3) is 6.14. The summed E-state index contributed by atoms with van der Waals surface area (Å²) in [5.41, 5.74) is 12.5. The van der Waals surface area contributed by atoms with Gasteiger partial charge in [-0.3, -0.25) is 0 Å². The van der Waals surface area contributed by atoms with Crippen LogP contribution in [-0.4, -0.2) is 0 Å². The second kappa shape index (κ2) is 14.0. The van der Waals surface area contributed by atoms with Crippen LogP contribution in [0.15, 0.2) is 123 Å². The third-order valence-corrected chi connectivity index (χ3v) is 12.9. The van der Waals surface area contributed by atoms with Crippen molar-refractivity contribution in [3.63, 3.8) is 0 Å². The maximum absolute atomic E-state index is 4.20. The van der Waals surface area contributed by atoms with Crippen molar-refractivity contribution in [1.82, 2.24) is 0 Å². The summed E-state index contributed by atoms with van der Waals surface area (Å²) in [4.78, 5) is 0. The van der Waals surface area contributed by atoms with Gasteiger partial charge in [0.15, 0.2) is 0 Å². The molecule has 0 spiro atoms. The van der Waals surface area contributed by atoms with Gasteiger partial charge >= 0.3 is 0 Å². The molecular formula is C55H58. The van der Waals surface area contributed by atoms with Crippen LogP contribution in [-0.2, 0) is 16.2 Å². The summed E-state index contributed by atoms with van der Waals surface area (Å²) in [6.45, 7) is 26.3. The Bertz CT molecular complexity index is 2530. The molecule has 0 heteroatoms. The second-order valence-corrected chi connectivity index (χ2v) is 18.4. The van der Waals surface area contributed by atoms with Crippen LogP contribution in [0.2, 0.25) is 0 Å². The number of unbranched alkanes of at least 4 members (excludes halogenated alkanes) is 4. The smallest absolute Gasteiger partial charge is 0.0215 e. The van der Waals surface area contributed by atoms with Crippen LogP contribution >= 0.6 is 0 Å². The first-order valence-electron chi connectivity index (χ1n) is 20.7. The van der Waals surface area contributed by atoms with Gasteiger partial charge in [-0.1, -0.05) is 158 Å². The summed E-state index contributed by atoms with van der Waals surface area (Å²) in [6.07, 6.45) is 15.2. The average molecular weight is 719 g/mol. The Labute approximate surface area is 330 Å². The first kappa shape index (κ1) is 37.0. The number of hydrogen-bond acceptors (Lipinski definition) is 0. The lowest BCUT2D eigenvalue weighted by Crippen LogP contribution is -2.25. The van der Waals surface area contributed by atoms with Crippen LogP contribution in [0, 0.1) is 0 Å². The van der Waals surface area contributed by atoms with Crippen molar-refractivity contribution in [3.05, 3.63) is 151 Å². The van der Waals surface area contributed by atoms with Gasteiger partial charge in [0.2, 0.25) is 0 Å². The molecule has 0 bridgehead atoms. The van der Waals surface area contributed by atoms with Crippen molar-refractivity contribution in [2.24, 2.45) is 0 Å². The van der Waals surface area contributed by atoms with Crippen LogP contribution < -0.4 is 0 Å². The molecule has 8 rings (SSSR count). The normalized spacial score (nSPS) is 13.9. The Balaban J connectivity index is 1.43. The van der Waals surface area contributed by atoms with E-state index < -0.39 is 0 Å². The Hall–Kier alpha value is -4.94. The summed E-state index contributed by atoms with van der Waals surface area (Å²) in [5.74, 6) is 0. The maximum Gasteiger partial charge on any atom is 0.0215 e. The van der Waals surface area contributed by atoms with Crippen molar-refractivity contribution in [1.29, 1.82) is 0 Å². The monoisotopic (exact) mass is 718 g/mol. The van der Waals surface area contributed by atoms with Gasteiger partial charge in [0.1, 0.15) is 0 Å². The molecular weight excluding hydrogens is 661 g/mol. The highest BCUT2D eigenvalue weighted by Gasteiger charge is 2.43. The molecule has 0 aromatic heterocycles. The molecule has 0 saturated heterocycles. The minimum Gasteiger partial charge on any atom is -0.103 e. The van der Waals surface area contributed by atoms with Crippen LogP contribution in [0.5, 0.6) is 0 Å². The van der Waals surface area contributed by atoms with Crippen molar-refractivity contribution < 1.29 is 0 Å². The summed E-state index contributed by atoms with van der Waals surface area (Å²) < 4.78 is 0. The molecule has 0 fully saturated rings. The summed E-state index contributed by atoms with van der Waals surface area (Å²) in [6, 6.07) is 36.2. The van der Waals surface area contributed by atoms with Crippen molar-refractivity contribution in [3.8, 4) is 22.3 Å². The highest BCUT2D eigenvalue weighted by Crippen LogP contribution is 2.58. The van der Waals surface area contributed by atoms with Gasteiger partial charge in [-0.2, -0.15) is 0 Å². The average Bonchev–Trinajstić information content (AvgIpc) is 3.44. The van der Waals surface area contributed by atoms with Gasteiger partial charge in [-0.05, 0) is 155 Å². The zero-order valence-electron chi connectivity index (χ0n) is 34.2. The summed E-state index contributed by atoms with van der Waals surface area (Å²) in [7, 11) is 0. The Kier molecular flexibility index (Phi) is 9.40. The van der Waals surface area contributed by atoms with Gasteiger partial charge in [-0.25, -0.2) is 0 Å². The lowest BCUT2D eigenvalue weighted by molar-refractivity contribution is 0.408. The summed E-state index contributed by atoms with van der Waals surface area (Å²) >= 11 is 0. The molecule has 0 unspecified atom stereocenters. The SMILES string of the molecule is C=CCCCCC1(CCCCC=C)c2cc(C=C)ccc2-c2c(-c3ccc4c5cc(C(C)(C)C)cc6cc(C(C)(C)C)cc(c7cccc3c74)c65)cccc21. The molecule has 278 valence electrons. The highest BCUT2D eigenvalue weighted by atomic mass is 14.5. The lowest BCUT2D eigenvalue weighted by atomic mass is 9.70. The van der Waals surface area contributed by atoms with E-state index in [0.29, 0.717) is 0 Å². The first-order chi connectivity index (χ1) is 26.4. The van der Waals surface area contributed by atoms with Crippen LogP contribution in [0.25, 0.3) is 71.4 Å². The largest absolute Gasteiger partial charge is 0.103 e. The molecule has 7 aromatic carbocycles. The van der Waals surface area contributed by atoms with E-state index in [2.05, 4.69) is 164 Å². The fraction of sp³-hybridized carbons (Fsp3) is 0.309. The quantitative estimate of drug-likeness (QED) is 0.0511. The fourth-order valence-corrected chi connectivity index (χ4v) is 9.91. The standard InChI is InChI=1S/C55H58/c1-10-13-15-17-29-55(30-18-16-14-11-2)48-24-20-23-42(52(48)45-26-25-36(12-3)31-49(45)55)40-27-28-44-47-35-39(54(7,8)9)33-37-32-38(53(4,5)6)34-46(50(37)47)43-22-19-21-41(40)51(43)44/h10-12,19-28,31-35H,1-3,13-18,29-30H2,4-9H3. The topological polar surface area (TPSA) is 0 Å². The highest BCUT2D eigenvalue weighted by molar-refractivity contribution is 6.34. The molecule has 0 amide bonds. The van der Waals surface area contributed by atoms with Gasteiger partial charge in [0.25, 0.3) is 0 Å². The molecule has 0 saturated carbocycles. The van der Waals surface area contributed by atoms with Crippen LogP contribution in [0.4, 0.5) is 0 Å². The number of fused-ring (bicyclic) bond motifs is 5. The van der Waals surface area contributed by atoms with Gasteiger partial charge in [0, 0.05) is 5.41 Å². The van der Waals surface area contributed by atoms with Gasteiger partial charge in [-0.15, -0.1) is 13.2 Å². The molecule has 0 heterocycles. The van der Waals surface area contributed by atoms with E-state index in [0.717, 1.165) is 25.7 Å². The lowest BCUT2D eigenvalue weighted by Gasteiger charge is -2.33. The predicted molar refractivity (Wildman–Crippen MR) is 244 cm³/mol. The number of hydrogen-bond donors (Lipinski definition) is 0. The van der Waals surface area contributed by atoms with Crippen molar-refractivity contribution in [2.45, 2.75) is 109 Å². The van der Waals surface area contributed by atoms with E-state index in [-0.39, 0.29) is 16.2 Å². The minimum atomic E-state index is -0.0460. The van der Waals surface area contributed by atoms with Crippen LogP contribution in [0.3, 0.4) is 0 Å². The summed E-state index contributed by atoms with van der Waals surface area (Å²) in [5, 5.41) is 10.9. The maximum atomic E-state index is 4.20. The molecule has 0 nitrogen and oxygen atoms in total. The molecule has 55 heavy (non-hydrogen) atoms. The predicted octanol–water partition coefficient (Wildman–Crippen LogP) is 16.4. The first-order valence-corrected chi connectivity index (χ1v) is 20.7. The minimum absolute atomic E-state index is 0.0337. The Morgan fingerprint density at radius 2 is 1.09 bits per heavy atom. The van der Waals surface area contributed by atoms with E-state index in [1.807, 2.05) is 6.08 Å². The Morgan fingerprint density at radius 1 is 0.509 bits per heavy atom. The number of benzene rings is 7. The van der Waals surface area contributed by atoms with Gasteiger partial charge in [0.05, 0.1) is 0 Å². The Morgan fingerprint density at radius 3 is 1.69 bits per heavy atom. The van der Waals surface area contributed by atoms with E-state index in [9.17, 15) is 0 Å². The van der Waals surface area contributed by atoms with E-state index in [1.165, 1.54) is 119 Å². The molecule has 1 aliphatic rings. The number of rotatable bonds is 12. The fourth-order valence-electron chi connectivity index (χ4n) is 9.91. The second-order valence-electron chi connectivity index (χ2n) is 18.4. The van der Waals surface area contributed by atoms with E-state index in [1.54, 1.807) is 0 Å². The molecule has 0 N–H and O–H groups in total. The molecule has 7 aromatic rings. The van der Waals surface area contributed by atoms with E-state index >= 15 is 0 Å². The third-order valence-electron chi connectivity index (χ3n) is 12.9. The van der Waals surface area contributed by atoms with Crippen LogP contribution in [0.1, 0.15) is 121 Å². The molecule has 0 aliphatic heterocycles. The number of allylic oxidation sites excluding steroid dienone is 2. The van der Waals surface area contributed by atoms with Gasteiger partial charge < -0.3 is 0 Å².